The summed E-state index contributed by atoms with van der Waals surface area (Å²) in [4.78, 5) is 0. The lowest BCUT2D eigenvalue weighted by atomic mass is 11.0. The van der Waals surface area contributed by atoms with Crippen molar-refractivity contribution in [3.63, 3.8) is 0 Å². The molecule has 0 aliphatic heterocycles. The minimum atomic E-state index is 0.987. The minimum absolute atomic E-state index is 0.987. The molecule has 0 aromatic carbocycles. The van der Waals surface area contributed by atoms with Crippen molar-refractivity contribution in [3.8, 4) is 0 Å². The molecule has 0 bridgehead atoms. The molecule has 0 nitrogen and oxygen atoms in total. The van der Waals surface area contributed by atoms with Crippen LogP contribution in [0, 0.1) is 0 Å². The predicted molar refractivity (Wildman–Crippen MR) is 32.1 cm³/mol. The van der Waals surface area contributed by atoms with E-state index in [1.54, 1.807) is 0 Å². The van der Waals surface area contributed by atoms with Crippen LogP contribution in [0.15, 0.2) is 0 Å². The minimum Gasteiger partial charge on any atom is -0.0919 e. The van der Waals surface area contributed by atoms with Gasteiger partial charge in [0, 0.05) is 11.1 Å². The number of hydrogen-bond acceptors (Lipinski definition) is 1. The maximum absolute atomic E-state index is 5.19. The van der Waals surface area contributed by atoms with E-state index < -0.39 is 0 Å². The predicted octanol–water partition coefficient (Wildman–Crippen LogP) is 2.27. The van der Waals surface area contributed by atoms with Crippen molar-refractivity contribution in [2.24, 2.45) is 0 Å². The second-order valence-electron chi connectivity index (χ2n) is 0.502. The molecule has 0 aromatic rings. The van der Waals surface area contributed by atoms with Crippen LogP contribution in [0.4, 0.5) is 0 Å². The fourth-order valence-electron chi connectivity index (χ4n) is 0.0292. The average Bonchev–Trinajstić information content (AvgIpc) is 1.41. The van der Waals surface area contributed by atoms with E-state index in [2.05, 4.69) is 15.9 Å². The van der Waals surface area contributed by atoms with Gasteiger partial charge >= 0.3 is 0 Å². The third-order valence-corrected chi connectivity index (χ3v) is 1.90. The maximum Gasteiger partial charge on any atom is 0.0183 e. The van der Waals surface area contributed by atoms with Gasteiger partial charge in [-0.3, -0.25) is 0 Å². The number of alkyl halides is 1. The van der Waals surface area contributed by atoms with Crippen molar-refractivity contribution in [2.75, 3.05) is 11.1 Å². The van der Waals surface area contributed by atoms with Gasteiger partial charge in [0.2, 0.25) is 0 Å². The van der Waals surface area contributed by atoms with Gasteiger partial charge in [-0.25, -0.2) is 0 Å². The normalized spacial score (nSPS) is 8.40. The largest absolute Gasteiger partial charge is 0.0919 e. The lowest BCUT2D eigenvalue weighted by Gasteiger charge is -1.75. The van der Waals surface area contributed by atoms with Gasteiger partial charge in [-0.15, -0.1) is 0 Å². The van der Waals surface area contributed by atoms with Gasteiger partial charge in [0.25, 0.3) is 0 Å². The summed E-state index contributed by atoms with van der Waals surface area (Å²) in [7, 11) is 6.52. The van der Waals surface area contributed by atoms with Gasteiger partial charge in [-0.05, 0) is 10.7 Å². The molecule has 0 fully saturated rings. The monoisotopic (exact) mass is 174 g/mol. The van der Waals surface area contributed by atoms with Crippen LogP contribution >= 0.6 is 37.6 Å². The van der Waals surface area contributed by atoms with Gasteiger partial charge in [-0.2, -0.15) is 0 Å². The molecule has 0 aromatic heterocycles. The lowest BCUT2D eigenvalue weighted by Crippen LogP contribution is -1.67. The molecule has 3 heteroatoms. The molecule has 0 spiro atoms. The van der Waals surface area contributed by atoms with Gasteiger partial charge in [0.15, 0.2) is 0 Å². The van der Waals surface area contributed by atoms with Crippen molar-refractivity contribution < 1.29 is 0 Å². The van der Waals surface area contributed by atoms with Crippen LogP contribution in [-0.2, 0) is 0 Å². The molecule has 0 radical (unpaired) electrons. The Labute approximate surface area is 48.9 Å². The molecule has 0 aliphatic carbocycles. The Morgan fingerprint density at radius 2 is 2.40 bits per heavy atom. The molecule has 32 valence electrons. The zero-order valence-corrected chi connectivity index (χ0v) is 5.74. The number of hydrogen-bond donors (Lipinski definition) is 0. The van der Waals surface area contributed by atoms with Gasteiger partial charge in [-0.1, -0.05) is 26.9 Å². The first kappa shape index (κ1) is 6.12. The van der Waals surface area contributed by atoms with E-state index in [1.165, 1.54) is 11.0 Å². The molecule has 0 amide bonds. The van der Waals surface area contributed by atoms with Gasteiger partial charge in [0.1, 0.15) is 0 Å². The SMILES string of the molecule is ClSCCBr. The quantitative estimate of drug-likeness (QED) is 0.580. The summed E-state index contributed by atoms with van der Waals surface area (Å²) in [5.41, 5.74) is 0. The van der Waals surface area contributed by atoms with Gasteiger partial charge in [0.05, 0.1) is 0 Å². The second-order valence-corrected chi connectivity index (χ2v) is 2.58. The van der Waals surface area contributed by atoms with E-state index in [-0.39, 0.29) is 0 Å². The van der Waals surface area contributed by atoms with Crippen molar-refractivity contribution >= 4 is 37.6 Å². The highest BCUT2D eigenvalue weighted by Crippen LogP contribution is 2.04. The highest BCUT2D eigenvalue weighted by Gasteiger charge is 1.72. The summed E-state index contributed by atoms with van der Waals surface area (Å²) in [5, 5.41) is 0.987. The van der Waals surface area contributed by atoms with E-state index >= 15 is 0 Å². The topological polar surface area (TPSA) is 0 Å². The summed E-state index contributed by atoms with van der Waals surface area (Å²) in [6, 6.07) is 0. The molecule has 0 unspecified atom stereocenters. The van der Waals surface area contributed by atoms with Crippen LogP contribution in [0.1, 0.15) is 0 Å². The molecular weight excluding hydrogens is 171 g/mol. The van der Waals surface area contributed by atoms with Crippen LogP contribution in [0.2, 0.25) is 0 Å². The smallest absolute Gasteiger partial charge is 0.0183 e. The lowest BCUT2D eigenvalue weighted by molar-refractivity contribution is 1.60. The number of halogens is 2. The Morgan fingerprint density at radius 3 is 2.40 bits per heavy atom. The molecular formula is C2H4BrClS. The maximum atomic E-state index is 5.19. The summed E-state index contributed by atoms with van der Waals surface area (Å²) < 4.78 is 0. The molecule has 0 aliphatic rings. The van der Waals surface area contributed by atoms with Crippen LogP contribution in [0.5, 0.6) is 0 Å². The van der Waals surface area contributed by atoms with E-state index in [1.807, 2.05) is 0 Å². The van der Waals surface area contributed by atoms with Crippen LogP contribution in [0.25, 0.3) is 0 Å². The van der Waals surface area contributed by atoms with Crippen LogP contribution in [0.3, 0.4) is 0 Å². The van der Waals surface area contributed by atoms with Crippen molar-refractivity contribution in [2.45, 2.75) is 0 Å². The highest BCUT2D eigenvalue weighted by atomic mass is 79.9. The summed E-state index contributed by atoms with van der Waals surface area (Å²) in [5.74, 6) is 0.988. The summed E-state index contributed by atoms with van der Waals surface area (Å²) in [6.07, 6.45) is 0. The molecule has 0 atom stereocenters. The molecule has 0 rings (SSSR count). The van der Waals surface area contributed by atoms with Crippen LogP contribution in [-0.4, -0.2) is 11.1 Å². The fraction of sp³-hybridized carbons (Fsp3) is 1.00. The van der Waals surface area contributed by atoms with Crippen molar-refractivity contribution in [1.82, 2.24) is 0 Å². The third kappa shape index (κ3) is 5.12. The average molecular weight is 175 g/mol. The Hall–Kier alpha value is 1.12. The van der Waals surface area contributed by atoms with E-state index in [0.29, 0.717) is 0 Å². The Balaban J connectivity index is 2.19. The van der Waals surface area contributed by atoms with Crippen molar-refractivity contribution in [3.05, 3.63) is 0 Å². The van der Waals surface area contributed by atoms with E-state index in [4.69, 9.17) is 10.7 Å². The Morgan fingerprint density at radius 1 is 1.80 bits per heavy atom. The zero-order valence-electron chi connectivity index (χ0n) is 2.58. The summed E-state index contributed by atoms with van der Waals surface area (Å²) >= 11 is 3.20. The van der Waals surface area contributed by atoms with Crippen LogP contribution < -0.4 is 0 Å². The zero-order chi connectivity index (χ0) is 4.12. The summed E-state index contributed by atoms with van der Waals surface area (Å²) in [6.45, 7) is 0. The molecule has 0 saturated carbocycles. The number of rotatable bonds is 2. The van der Waals surface area contributed by atoms with Gasteiger partial charge < -0.3 is 0 Å². The third-order valence-electron chi connectivity index (χ3n) is 0.154. The molecule has 0 heterocycles. The first-order valence-corrected chi connectivity index (χ1v) is 4.14. The van der Waals surface area contributed by atoms with Crippen molar-refractivity contribution in [1.29, 1.82) is 0 Å². The Kier molecular flexibility index (Phi) is 6.27. The Bertz CT molecular complexity index is 17.1. The highest BCUT2D eigenvalue weighted by molar-refractivity contribution is 9.09. The van der Waals surface area contributed by atoms with E-state index in [0.717, 1.165) is 11.1 Å². The molecule has 5 heavy (non-hydrogen) atoms. The first-order valence-electron chi connectivity index (χ1n) is 1.21. The second kappa shape index (κ2) is 5.12. The van der Waals surface area contributed by atoms with E-state index in [9.17, 15) is 0 Å². The fourth-order valence-corrected chi connectivity index (χ4v) is 1.36. The first-order chi connectivity index (χ1) is 2.41. The molecule has 0 N–H and O–H groups in total. The molecule has 0 saturated heterocycles. The standard InChI is InChI=1S/C2H4BrClS/c3-1-2-5-4/h1-2H2.